The normalized spacial score (nSPS) is 11.1. The molecule has 0 atom stereocenters. The van der Waals surface area contributed by atoms with Crippen molar-refractivity contribution in [2.24, 2.45) is 0 Å². The summed E-state index contributed by atoms with van der Waals surface area (Å²) >= 11 is 0.716. The summed E-state index contributed by atoms with van der Waals surface area (Å²) in [7, 11) is -4.09. The number of carbonyl (C=O) groups excluding carboxylic acids is 2. The standard InChI is InChI=1S/C20H20N4O5S2/c1-4-29-18(26)14-10-9-13(3)16(11-14)24-31(27,28)20-23-22-19(30-20)21-17(25)15-8-6-5-7-12(15)2/h5-11,24H,4H2,1-3H3,(H,21,22,25). The third-order valence-electron chi connectivity index (χ3n) is 4.24. The summed E-state index contributed by atoms with van der Waals surface area (Å²) in [6.07, 6.45) is 0. The molecule has 0 radical (unpaired) electrons. The Hall–Kier alpha value is -3.31. The third-order valence-corrected chi connectivity index (χ3v) is 6.81. The van der Waals surface area contributed by atoms with Gasteiger partial charge in [-0.15, -0.1) is 10.2 Å². The number of sulfonamides is 1. The molecule has 2 N–H and O–H groups in total. The van der Waals surface area contributed by atoms with Crippen LogP contribution in [0.2, 0.25) is 0 Å². The highest BCUT2D eigenvalue weighted by molar-refractivity contribution is 7.94. The Bertz CT molecular complexity index is 1240. The van der Waals surface area contributed by atoms with Crippen LogP contribution in [0, 0.1) is 13.8 Å². The molecule has 9 nitrogen and oxygen atoms in total. The van der Waals surface area contributed by atoms with Gasteiger partial charge in [-0.1, -0.05) is 35.6 Å². The minimum Gasteiger partial charge on any atom is -0.462 e. The highest BCUT2D eigenvalue weighted by Crippen LogP contribution is 2.25. The number of aryl methyl sites for hydroxylation is 2. The van der Waals surface area contributed by atoms with Gasteiger partial charge in [0.25, 0.3) is 20.3 Å². The molecule has 3 rings (SSSR count). The maximum Gasteiger partial charge on any atom is 0.338 e. The number of hydrogen-bond donors (Lipinski definition) is 2. The molecular weight excluding hydrogens is 440 g/mol. The highest BCUT2D eigenvalue weighted by atomic mass is 32.2. The third kappa shape index (κ3) is 5.25. The molecule has 31 heavy (non-hydrogen) atoms. The molecule has 0 saturated carbocycles. The van der Waals surface area contributed by atoms with Crippen LogP contribution in [-0.4, -0.2) is 37.1 Å². The molecule has 0 aliphatic heterocycles. The minimum atomic E-state index is -4.09. The van der Waals surface area contributed by atoms with Crippen molar-refractivity contribution in [2.75, 3.05) is 16.6 Å². The van der Waals surface area contributed by atoms with Gasteiger partial charge in [0.05, 0.1) is 17.9 Å². The van der Waals surface area contributed by atoms with Gasteiger partial charge in [-0.25, -0.2) is 4.79 Å². The number of carbonyl (C=O) groups is 2. The zero-order chi connectivity index (χ0) is 22.6. The zero-order valence-electron chi connectivity index (χ0n) is 17.0. The number of nitrogens with one attached hydrogen (secondary N) is 2. The fourth-order valence-electron chi connectivity index (χ4n) is 2.62. The van der Waals surface area contributed by atoms with Gasteiger partial charge in [-0.2, -0.15) is 8.42 Å². The van der Waals surface area contributed by atoms with E-state index in [9.17, 15) is 18.0 Å². The molecular formula is C20H20N4O5S2. The number of anilines is 2. The molecule has 1 heterocycles. The summed E-state index contributed by atoms with van der Waals surface area (Å²) in [6.45, 7) is 5.37. The Kier molecular flexibility index (Phi) is 6.66. The molecule has 162 valence electrons. The molecule has 1 amide bonds. The Balaban J connectivity index is 1.79. The second-order valence-corrected chi connectivity index (χ2v) is 9.33. The Morgan fingerprint density at radius 1 is 1.06 bits per heavy atom. The van der Waals surface area contributed by atoms with Crippen molar-refractivity contribution in [1.29, 1.82) is 0 Å². The number of amides is 1. The molecule has 0 fully saturated rings. The summed E-state index contributed by atoms with van der Waals surface area (Å²) in [6, 6.07) is 11.5. The van der Waals surface area contributed by atoms with Gasteiger partial charge in [-0.05, 0) is 50.1 Å². The van der Waals surface area contributed by atoms with E-state index in [1.807, 2.05) is 6.07 Å². The van der Waals surface area contributed by atoms with Gasteiger partial charge in [0.1, 0.15) is 0 Å². The topological polar surface area (TPSA) is 127 Å². The zero-order valence-corrected chi connectivity index (χ0v) is 18.6. The van der Waals surface area contributed by atoms with Crippen LogP contribution in [0.15, 0.2) is 46.8 Å². The molecule has 0 saturated heterocycles. The Morgan fingerprint density at radius 2 is 1.81 bits per heavy atom. The number of nitrogens with zero attached hydrogens (tertiary/aromatic N) is 2. The lowest BCUT2D eigenvalue weighted by Crippen LogP contribution is -2.14. The summed E-state index contributed by atoms with van der Waals surface area (Å²) in [5, 5.41) is 10.0. The van der Waals surface area contributed by atoms with Crippen LogP contribution < -0.4 is 10.0 Å². The molecule has 0 aliphatic carbocycles. The lowest BCUT2D eigenvalue weighted by atomic mass is 10.1. The lowest BCUT2D eigenvalue weighted by Gasteiger charge is -2.10. The van der Waals surface area contributed by atoms with Gasteiger partial charge in [0.2, 0.25) is 5.13 Å². The Labute approximate surface area is 183 Å². The maximum atomic E-state index is 12.8. The summed E-state index contributed by atoms with van der Waals surface area (Å²) in [4.78, 5) is 24.3. The van der Waals surface area contributed by atoms with E-state index in [2.05, 4.69) is 20.2 Å². The van der Waals surface area contributed by atoms with Crippen molar-refractivity contribution in [3.63, 3.8) is 0 Å². The SMILES string of the molecule is CCOC(=O)c1ccc(C)c(NS(=O)(=O)c2nnc(NC(=O)c3ccccc3C)s2)c1. The molecule has 2 aromatic carbocycles. The Morgan fingerprint density at radius 3 is 2.52 bits per heavy atom. The first-order chi connectivity index (χ1) is 14.7. The summed E-state index contributed by atoms with van der Waals surface area (Å²) in [5.74, 6) is -0.968. The van der Waals surface area contributed by atoms with Crippen LogP contribution in [0.1, 0.15) is 38.8 Å². The highest BCUT2D eigenvalue weighted by Gasteiger charge is 2.23. The number of esters is 1. The molecule has 0 bridgehead atoms. The van der Waals surface area contributed by atoms with Crippen molar-refractivity contribution in [3.8, 4) is 0 Å². The van der Waals surface area contributed by atoms with Gasteiger partial charge in [-0.3, -0.25) is 14.8 Å². The lowest BCUT2D eigenvalue weighted by molar-refractivity contribution is 0.0526. The van der Waals surface area contributed by atoms with Crippen LogP contribution in [0.25, 0.3) is 0 Å². The van der Waals surface area contributed by atoms with E-state index in [1.165, 1.54) is 6.07 Å². The average Bonchev–Trinajstić information content (AvgIpc) is 3.19. The van der Waals surface area contributed by atoms with E-state index in [1.54, 1.807) is 51.1 Å². The quantitative estimate of drug-likeness (QED) is 0.409. The van der Waals surface area contributed by atoms with Crippen LogP contribution >= 0.6 is 11.3 Å². The second-order valence-electron chi connectivity index (χ2n) is 6.50. The molecule has 0 spiro atoms. The van der Waals surface area contributed by atoms with E-state index in [0.717, 1.165) is 5.56 Å². The summed E-state index contributed by atoms with van der Waals surface area (Å²) in [5.41, 5.74) is 2.26. The van der Waals surface area contributed by atoms with Gasteiger partial charge in [0, 0.05) is 5.56 Å². The van der Waals surface area contributed by atoms with Crippen molar-refractivity contribution in [2.45, 2.75) is 25.1 Å². The molecule has 1 aromatic heterocycles. The van der Waals surface area contributed by atoms with Crippen molar-refractivity contribution < 1.29 is 22.7 Å². The molecule has 3 aromatic rings. The van der Waals surface area contributed by atoms with E-state index >= 15 is 0 Å². The van der Waals surface area contributed by atoms with Crippen LogP contribution in [0.4, 0.5) is 10.8 Å². The summed E-state index contributed by atoms with van der Waals surface area (Å²) < 4.78 is 32.5. The van der Waals surface area contributed by atoms with Crippen molar-refractivity contribution in [1.82, 2.24) is 10.2 Å². The minimum absolute atomic E-state index is 0.0469. The van der Waals surface area contributed by atoms with E-state index in [0.29, 0.717) is 22.5 Å². The largest absolute Gasteiger partial charge is 0.462 e. The monoisotopic (exact) mass is 460 g/mol. The van der Waals surface area contributed by atoms with Crippen LogP contribution in [-0.2, 0) is 14.8 Å². The van der Waals surface area contributed by atoms with Crippen molar-refractivity contribution in [3.05, 3.63) is 64.7 Å². The first kappa shape index (κ1) is 22.4. The van der Waals surface area contributed by atoms with E-state index < -0.39 is 21.9 Å². The van der Waals surface area contributed by atoms with Gasteiger partial charge >= 0.3 is 5.97 Å². The maximum absolute atomic E-state index is 12.8. The predicted molar refractivity (Wildman–Crippen MR) is 117 cm³/mol. The van der Waals surface area contributed by atoms with Gasteiger partial charge in [0.15, 0.2) is 0 Å². The molecule has 0 unspecified atom stereocenters. The first-order valence-corrected chi connectivity index (χ1v) is 11.5. The smallest absolute Gasteiger partial charge is 0.338 e. The number of ether oxygens (including phenoxy) is 1. The van der Waals surface area contributed by atoms with E-state index in [-0.39, 0.29) is 27.3 Å². The number of benzene rings is 2. The van der Waals surface area contributed by atoms with Crippen molar-refractivity contribution >= 4 is 44.1 Å². The average molecular weight is 461 g/mol. The fourth-order valence-corrected chi connectivity index (χ4v) is 4.64. The van der Waals surface area contributed by atoms with Crippen LogP contribution in [0.5, 0.6) is 0 Å². The number of rotatable bonds is 7. The number of hydrogen-bond acceptors (Lipinski definition) is 8. The fraction of sp³-hybridized carbons (Fsp3) is 0.200. The molecule has 11 heteroatoms. The predicted octanol–water partition coefficient (Wildman–Crippen LogP) is 3.38. The first-order valence-electron chi connectivity index (χ1n) is 9.22. The molecule has 0 aliphatic rings. The van der Waals surface area contributed by atoms with E-state index in [4.69, 9.17) is 4.74 Å². The number of aromatic nitrogens is 2. The second kappa shape index (κ2) is 9.23. The van der Waals surface area contributed by atoms with Gasteiger partial charge < -0.3 is 4.74 Å². The van der Waals surface area contributed by atoms with Crippen LogP contribution in [0.3, 0.4) is 0 Å².